The van der Waals surface area contributed by atoms with Crippen molar-refractivity contribution in [2.75, 3.05) is 18.4 Å². The van der Waals surface area contributed by atoms with Gasteiger partial charge in [-0.3, -0.25) is 4.90 Å². The predicted molar refractivity (Wildman–Crippen MR) is 125 cm³/mol. The lowest BCUT2D eigenvalue weighted by molar-refractivity contribution is -0.0497. The highest BCUT2D eigenvalue weighted by Gasteiger charge is 2.20. The molecule has 3 aromatic carbocycles. The molecule has 5 nitrogen and oxygen atoms in total. The molecule has 0 bridgehead atoms. The van der Waals surface area contributed by atoms with Gasteiger partial charge < -0.3 is 14.5 Å². The van der Waals surface area contributed by atoms with Gasteiger partial charge in [-0.2, -0.15) is 8.78 Å². The number of hydrogen-bond acceptors (Lipinski definition) is 5. The van der Waals surface area contributed by atoms with Gasteiger partial charge in [-0.1, -0.05) is 36.4 Å². The van der Waals surface area contributed by atoms with Gasteiger partial charge in [0.15, 0.2) is 0 Å². The summed E-state index contributed by atoms with van der Waals surface area (Å²) in [5.74, 6) is 0.0274. The summed E-state index contributed by atoms with van der Waals surface area (Å²) in [6.07, 6.45) is 1.81. The molecule has 170 valence electrons. The number of fused-ring (bicyclic) bond motifs is 2. The predicted octanol–water partition coefficient (Wildman–Crippen LogP) is 5.62. The third-order valence-corrected chi connectivity index (χ3v) is 6.11. The van der Waals surface area contributed by atoms with Gasteiger partial charge in [0.25, 0.3) is 0 Å². The molecule has 1 aromatic heterocycles. The van der Waals surface area contributed by atoms with Crippen LogP contribution < -0.4 is 15.7 Å². The van der Waals surface area contributed by atoms with Crippen LogP contribution in [0.1, 0.15) is 18.4 Å². The average Bonchev–Trinajstić information content (AvgIpc) is 2.80. The highest BCUT2D eigenvalue weighted by atomic mass is 19.3. The van der Waals surface area contributed by atoms with E-state index in [-0.39, 0.29) is 11.8 Å². The summed E-state index contributed by atoms with van der Waals surface area (Å²) in [5, 5.41) is 6.46. The number of rotatable bonds is 6. The number of ether oxygens (including phenoxy) is 1. The molecule has 0 atom stereocenters. The highest BCUT2D eigenvalue weighted by molar-refractivity contribution is 5.90. The molecule has 0 spiro atoms. The fourth-order valence-corrected chi connectivity index (χ4v) is 4.49. The second-order valence-corrected chi connectivity index (χ2v) is 8.39. The van der Waals surface area contributed by atoms with Gasteiger partial charge in [0.2, 0.25) is 0 Å². The molecule has 7 heteroatoms. The molecule has 4 aromatic rings. The van der Waals surface area contributed by atoms with Crippen LogP contribution >= 0.6 is 0 Å². The maximum absolute atomic E-state index is 12.6. The largest absolute Gasteiger partial charge is 0.435 e. The molecule has 1 aliphatic rings. The van der Waals surface area contributed by atoms with E-state index >= 15 is 0 Å². The van der Waals surface area contributed by atoms with Crippen LogP contribution in [0, 0.1) is 0 Å². The average molecular weight is 450 g/mol. The zero-order valence-corrected chi connectivity index (χ0v) is 18.0. The van der Waals surface area contributed by atoms with Crippen molar-refractivity contribution in [2.24, 2.45) is 0 Å². The van der Waals surface area contributed by atoms with Gasteiger partial charge in [0.05, 0.1) is 5.69 Å². The van der Waals surface area contributed by atoms with Gasteiger partial charge in [0.1, 0.15) is 11.3 Å². The molecule has 0 unspecified atom stereocenters. The minimum Gasteiger partial charge on any atom is -0.435 e. The minimum atomic E-state index is -2.92. The Morgan fingerprint density at radius 1 is 1.00 bits per heavy atom. The van der Waals surface area contributed by atoms with Crippen LogP contribution in [0.15, 0.2) is 75.9 Å². The summed E-state index contributed by atoms with van der Waals surface area (Å²) in [6, 6.07) is 20.8. The number of nitrogens with zero attached hydrogens (tertiary/aromatic N) is 1. The zero-order chi connectivity index (χ0) is 22.8. The van der Waals surface area contributed by atoms with E-state index in [9.17, 15) is 13.6 Å². The van der Waals surface area contributed by atoms with Crippen molar-refractivity contribution >= 4 is 27.4 Å². The summed E-state index contributed by atoms with van der Waals surface area (Å²) in [4.78, 5) is 14.4. The summed E-state index contributed by atoms with van der Waals surface area (Å²) in [6.45, 7) is -0.182. The molecule has 5 rings (SSSR count). The Balaban J connectivity index is 1.26. The molecule has 1 fully saturated rings. The summed E-state index contributed by atoms with van der Waals surface area (Å²) in [7, 11) is 0. The Bertz CT molecular complexity index is 1330. The Kier molecular flexibility index (Phi) is 5.96. The third kappa shape index (κ3) is 4.98. The zero-order valence-electron chi connectivity index (χ0n) is 18.0. The first-order valence-corrected chi connectivity index (χ1v) is 11.0. The van der Waals surface area contributed by atoms with E-state index < -0.39 is 12.2 Å². The molecular formula is C26H24F2N2O3. The van der Waals surface area contributed by atoms with Crippen molar-refractivity contribution in [2.45, 2.75) is 32.0 Å². The van der Waals surface area contributed by atoms with E-state index in [1.807, 2.05) is 6.07 Å². The number of halogens is 2. The molecule has 1 aliphatic heterocycles. The summed E-state index contributed by atoms with van der Waals surface area (Å²) < 4.78 is 34.9. The van der Waals surface area contributed by atoms with Crippen LogP contribution in [0.25, 0.3) is 21.7 Å². The lowest BCUT2D eigenvalue weighted by Crippen LogP contribution is -2.38. The second-order valence-electron chi connectivity index (χ2n) is 8.39. The molecule has 1 N–H and O–H groups in total. The molecule has 0 radical (unpaired) electrons. The molecule has 2 heterocycles. The van der Waals surface area contributed by atoms with E-state index in [2.05, 4.69) is 51.4 Å². The van der Waals surface area contributed by atoms with E-state index in [0.717, 1.165) is 32.5 Å². The molecule has 0 amide bonds. The Labute approximate surface area is 189 Å². The Morgan fingerprint density at radius 3 is 2.58 bits per heavy atom. The van der Waals surface area contributed by atoms with Gasteiger partial charge in [-0.15, -0.1) is 0 Å². The quantitative estimate of drug-likeness (QED) is 0.386. The standard InChI is InChI=1S/C26H24F2N2O3/c27-26(28)32-21-7-8-24-22(14-21)23(15-25(31)33-24)29-20-9-11-30(12-10-20)16-17-5-6-18-3-1-2-4-19(18)13-17/h1-8,13-15,20,26,29H,9-12,16H2. The van der Waals surface area contributed by atoms with E-state index in [1.54, 1.807) is 0 Å². The molecule has 0 aliphatic carbocycles. The van der Waals surface area contributed by atoms with Crippen molar-refractivity contribution in [3.05, 3.63) is 82.7 Å². The maximum atomic E-state index is 12.6. The summed E-state index contributed by atoms with van der Waals surface area (Å²) >= 11 is 0. The molecule has 0 saturated carbocycles. The number of hydrogen-bond donors (Lipinski definition) is 1. The topological polar surface area (TPSA) is 54.7 Å². The van der Waals surface area contributed by atoms with Crippen molar-refractivity contribution in [3.63, 3.8) is 0 Å². The van der Waals surface area contributed by atoms with Crippen LogP contribution in [0.5, 0.6) is 5.75 Å². The Hall–Kier alpha value is -3.45. The van der Waals surface area contributed by atoms with Crippen LogP contribution in [0.2, 0.25) is 0 Å². The van der Waals surface area contributed by atoms with Crippen molar-refractivity contribution in [1.29, 1.82) is 0 Å². The SMILES string of the molecule is O=c1cc(NC2CCN(Cc3ccc4ccccc4c3)CC2)c2cc(OC(F)F)ccc2o1. The Morgan fingerprint density at radius 2 is 1.79 bits per heavy atom. The fourth-order valence-electron chi connectivity index (χ4n) is 4.49. The van der Waals surface area contributed by atoms with Crippen LogP contribution in [-0.2, 0) is 6.54 Å². The van der Waals surface area contributed by atoms with E-state index in [1.165, 1.54) is 40.6 Å². The van der Waals surface area contributed by atoms with Gasteiger partial charge >= 0.3 is 12.2 Å². The normalized spacial score (nSPS) is 15.4. The van der Waals surface area contributed by atoms with Crippen molar-refractivity contribution in [3.8, 4) is 5.75 Å². The number of alkyl halides is 2. The van der Waals surface area contributed by atoms with E-state index in [0.29, 0.717) is 16.7 Å². The van der Waals surface area contributed by atoms with Gasteiger partial charge in [-0.25, -0.2) is 4.79 Å². The van der Waals surface area contributed by atoms with Crippen LogP contribution in [-0.4, -0.2) is 30.6 Å². The van der Waals surface area contributed by atoms with Crippen LogP contribution in [0.4, 0.5) is 14.5 Å². The maximum Gasteiger partial charge on any atom is 0.387 e. The third-order valence-electron chi connectivity index (χ3n) is 6.11. The van der Waals surface area contributed by atoms with Crippen LogP contribution in [0.3, 0.4) is 0 Å². The summed E-state index contributed by atoms with van der Waals surface area (Å²) in [5.41, 5.74) is 1.72. The number of anilines is 1. The fraction of sp³-hybridized carbons (Fsp3) is 0.269. The van der Waals surface area contributed by atoms with Gasteiger partial charge in [-0.05, 0) is 53.4 Å². The molecular weight excluding hydrogens is 426 g/mol. The van der Waals surface area contributed by atoms with Gasteiger partial charge in [0, 0.05) is 37.1 Å². The minimum absolute atomic E-state index is 0.0274. The molecule has 1 saturated heterocycles. The first-order chi connectivity index (χ1) is 16.0. The number of nitrogens with one attached hydrogen (secondary N) is 1. The number of piperidine rings is 1. The number of benzene rings is 3. The number of likely N-dealkylation sites (tertiary alicyclic amines) is 1. The van der Waals surface area contributed by atoms with E-state index in [4.69, 9.17) is 4.42 Å². The lowest BCUT2D eigenvalue weighted by Gasteiger charge is -2.33. The first kappa shape index (κ1) is 21.4. The first-order valence-electron chi connectivity index (χ1n) is 11.0. The van der Waals surface area contributed by atoms with Crippen molar-refractivity contribution in [1.82, 2.24) is 4.90 Å². The second kappa shape index (κ2) is 9.19. The smallest absolute Gasteiger partial charge is 0.387 e. The highest BCUT2D eigenvalue weighted by Crippen LogP contribution is 2.29. The monoisotopic (exact) mass is 450 g/mol. The van der Waals surface area contributed by atoms with Crippen molar-refractivity contribution < 1.29 is 17.9 Å². The lowest BCUT2D eigenvalue weighted by atomic mass is 10.0. The molecule has 33 heavy (non-hydrogen) atoms.